The van der Waals surface area contributed by atoms with Gasteiger partial charge in [0.1, 0.15) is 5.82 Å². The van der Waals surface area contributed by atoms with Crippen LogP contribution in [0, 0.1) is 0 Å². The minimum Gasteiger partial charge on any atom is -0.369 e. The minimum absolute atomic E-state index is 0.349. The molecule has 1 atom stereocenters. The molecule has 2 aromatic carbocycles. The van der Waals surface area contributed by atoms with Crippen molar-refractivity contribution in [1.82, 2.24) is 14.7 Å². The fourth-order valence-corrected chi connectivity index (χ4v) is 4.87. The molecule has 1 saturated heterocycles. The Balaban J connectivity index is 1.52. The highest BCUT2D eigenvalue weighted by atomic mass is 35.5. The Bertz CT molecular complexity index is 1020. The van der Waals surface area contributed by atoms with E-state index < -0.39 is 0 Å². The molecule has 0 amide bonds. The quantitative estimate of drug-likeness (QED) is 0.565. The molecule has 0 radical (unpaired) electrons. The van der Waals surface area contributed by atoms with E-state index in [2.05, 4.69) is 40.5 Å². The zero-order valence-corrected chi connectivity index (χ0v) is 17.8. The Morgan fingerprint density at radius 3 is 2.72 bits per heavy atom. The van der Waals surface area contributed by atoms with Crippen LogP contribution in [-0.2, 0) is 13.0 Å². The number of halogens is 2. The maximum absolute atomic E-state index is 6.28. The molecular weight excluding hydrogens is 403 g/mol. The van der Waals surface area contributed by atoms with E-state index in [-0.39, 0.29) is 0 Å². The fourth-order valence-electron chi connectivity index (χ4n) is 4.58. The van der Waals surface area contributed by atoms with Crippen LogP contribution in [0.2, 0.25) is 10.0 Å². The van der Waals surface area contributed by atoms with E-state index in [1.54, 1.807) is 0 Å². The molecule has 0 spiro atoms. The number of benzene rings is 2. The lowest BCUT2D eigenvalue weighted by Crippen LogP contribution is -2.33. The second-order valence-corrected chi connectivity index (χ2v) is 8.68. The van der Waals surface area contributed by atoms with Gasteiger partial charge in [0.05, 0.1) is 27.5 Å². The molecule has 3 heterocycles. The number of fused-ring (bicyclic) bond motifs is 1. The van der Waals surface area contributed by atoms with Gasteiger partial charge in [0.2, 0.25) is 0 Å². The average molecular weight is 427 g/mol. The summed E-state index contributed by atoms with van der Waals surface area (Å²) in [5.74, 6) is 1.10. The van der Waals surface area contributed by atoms with Crippen LogP contribution in [0.5, 0.6) is 0 Å². The van der Waals surface area contributed by atoms with Crippen molar-refractivity contribution in [2.45, 2.75) is 38.3 Å². The highest BCUT2D eigenvalue weighted by Crippen LogP contribution is 2.39. The molecular formula is C23H24Cl2N4. The van der Waals surface area contributed by atoms with Gasteiger partial charge in [0, 0.05) is 18.7 Å². The Morgan fingerprint density at radius 2 is 1.90 bits per heavy atom. The van der Waals surface area contributed by atoms with Crippen LogP contribution in [0.15, 0.2) is 48.5 Å². The van der Waals surface area contributed by atoms with Crippen molar-refractivity contribution < 1.29 is 0 Å². The van der Waals surface area contributed by atoms with E-state index in [4.69, 9.17) is 28.3 Å². The van der Waals surface area contributed by atoms with Crippen molar-refractivity contribution in [3.63, 3.8) is 0 Å². The van der Waals surface area contributed by atoms with Gasteiger partial charge in [-0.3, -0.25) is 4.90 Å². The number of piperidine rings is 1. The number of hydrogen-bond donors (Lipinski definition) is 1. The highest BCUT2D eigenvalue weighted by molar-refractivity contribution is 6.42. The van der Waals surface area contributed by atoms with Gasteiger partial charge in [0.25, 0.3) is 0 Å². The van der Waals surface area contributed by atoms with Gasteiger partial charge in [-0.2, -0.15) is 5.10 Å². The first-order valence-electron chi connectivity index (χ1n) is 10.3. The van der Waals surface area contributed by atoms with Crippen LogP contribution in [0.4, 0.5) is 5.82 Å². The molecule has 2 aliphatic rings. The van der Waals surface area contributed by atoms with Crippen LogP contribution in [0.3, 0.4) is 0 Å². The lowest BCUT2D eigenvalue weighted by Gasteiger charge is -2.35. The lowest BCUT2D eigenvalue weighted by atomic mass is 9.95. The van der Waals surface area contributed by atoms with E-state index >= 15 is 0 Å². The van der Waals surface area contributed by atoms with Crippen molar-refractivity contribution in [3.8, 4) is 5.69 Å². The molecule has 1 fully saturated rings. The largest absolute Gasteiger partial charge is 0.369 e. The SMILES string of the molecule is Clc1ccc(-n2nc(C3CCCCN3Cc3ccccc3)c3c2NCC3)cc1Cl. The molecule has 1 unspecified atom stereocenters. The number of nitrogens with one attached hydrogen (secondary N) is 1. The summed E-state index contributed by atoms with van der Waals surface area (Å²) in [5, 5.41) is 9.75. The molecule has 0 bridgehead atoms. The number of nitrogens with zero attached hydrogens (tertiary/aromatic N) is 3. The monoisotopic (exact) mass is 426 g/mol. The van der Waals surface area contributed by atoms with E-state index in [1.807, 2.05) is 22.9 Å². The average Bonchev–Trinajstić information content (AvgIpc) is 3.34. The summed E-state index contributed by atoms with van der Waals surface area (Å²) in [6.07, 6.45) is 4.66. The first-order chi connectivity index (χ1) is 14.2. The Morgan fingerprint density at radius 1 is 1.03 bits per heavy atom. The second-order valence-electron chi connectivity index (χ2n) is 7.87. The third-order valence-electron chi connectivity index (χ3n) is 5.99. The molecule has 1 aromatic heterocycles. The first kappa shape index (κ1) is 19.0. The van der Waals surface area contributed by atoms with Crippen molar-refractivity contribution in [3.05, 3.63) is 75.4 Å². The van der Waals surface area contributed by atoms with Gasteiger partial charge in [-0.1, -0.05) is 60.0 Å². The van der Waals surface area contributed by atoms with Crippen molar-refractivity contribution in [2.75, 3.05) is 18.4 Å². The standard InChI is InChI=1S/C23H24Cl2N4/c24-19-10-9-17(14-20(19)25)29-23-18(11-12-26-23)22(27-29)21-8-4-5-13-28(21)15-16-6-2-1-3-7-16/h1-3,6-7,9-10,14,21,26H,4-5,8,11-13,15H2. The smallest absolute Gasteiger partial charge is 0.133 e. The summed E-state index contributed by atoms with van der Waals surface area (Å²) in [5.41, 5.74) is 4.87. The van der Waals surface area contributed by atoms with Crippen LogP contribution in [0.25, 0.3) is 5.69 Å². The summed E-state index contributed by atoms with van der Waals surface area (Å²) in [6.45, 7) is 3.03. The number of likely N-dealkylation sites (tertiary alicyclic amines) is 1. The molecule has 4 nitrogen and oxygen atoms in total. The third-order valence-corrected chi connectivity index (χ3v) is 6.73. The van der Waals surface area contributed by atoms with Crippen molar-refractivity contribution in [2.24, 2.45) is 0 Å². The summed E-state index contributed by atoms with van der Waals surface area (Å²) in [6, 6.07) is 16.8. The fraction of sp³-hybridized carbons (Fsp3) is 0.348. The topological polar surface area (TPSA) is 33.1 Å². The molecule has 5 rings (SSSR count). The predicted molar refractivity (Wildman–Crippen MR) is 119 cm³/mol. The Kier molecular flexibility index (Phi) is 5.25. The maximum atomic E-state index is 6.28. The zero-order valence-electron chi connectivity index (χ0n) is 16.2. The summed E-state index contributed by atoms with van der Waals surface area (Å²) < 4.78 is 2.01. The van der Waals surface area contributed by atoms with Crippen LogP contribution >= 0.6 is 23.2 Å². The van der Waals surface area contributed by atoms with Crippen LogP contribution in [0.1, 0.15) is 42.1 Å². The van der Waals surface area contributed by atoms with E-state index in [1.165, 1.54) is 29.7 Å². The van der Waals surface area contributed by atoms with Crippen LogP contribution < -0.4 is 5.32 Å². The zero-order chi connectivity index (χ0) is 19.8. The van der Waals surface area contributed by atoms with Gasteiger partial charge in [-0.15, -0.1) is 0 Å². The molecule has 1 N–H and O–H groups in total. The van der Waals surface area contributed by atoms with E-state index in [0.717, 1.165) is 44.0 Å². The summed E-state index contributed by atoms with van der Waals surface area (Å²) in [7, 11) is 0. The van der Waals surface area contributed by atoms with Crippen molar-refractivity contribution >= 4 is 29.0 Å². The van der Waals surface area contributed by atoms with Gasteiger partial charge >= 0.3 is 0 Å². The number of hydrogen-bond acceptors (Lipinski definition) is 3. The molecule has 29 heavy (non-hydrogen) atoms. The van der Waals surface area contributed by atoms with Crippen molar-refractivity contribution in [1.29, 1.82) is 0 Å². The Labute approximate surface area is 181 Å². The summed E-state index contributed by atoms with van der Waals surface area (Å²) in [4.78, 5) is 2.60. The van der Waals surface area contributed by atoms with Gasteiger partial charge in [-0.25, -0.2) is 4.68 Å². The highest BCUT2D eigenvalue weighted by Gasteiger charge is 2.32. The molecule has 0 saturated carbocycles. The maximum Gasteiger partial charge on any atom is 0.133 e. The molecule has 2 aliphatic heterocycles. The number of aromatic nitrogens is 2. The first-order valence-corrected chi connectivity index (χ1v) is 11.1. The predicted octanol–water partition coefficient (Wildman–Crippen LogP) is 5.87. The third kappa shape index (κ3) is 3.65. The van der Waals surface area contributed by atoms with Gasteiger partial charge < -0.3 is 5.32 Å². The molecule has 150 valence electrons. The minimum atomic E-state index is 0.349. The lowest BCUT2D eigenvalue weighted by molar-refractivity contribution is 0.136. The normalized spacial score (nSPS) is 19.2. The van der Waals surface area contributed by atoms with E-state index in [9.17, 15) is 0 Å². The van der Waals surface area contributed by atoms with Gasteiger partial charge in [0.15, 0.2) is 0 Å². The van der Waals surface area contributed by atoms with E-state index in [0.29, 0.717) is 16.1 Å². The second kappa shape index (κ2) is 8.02. The summed E-state index contributed by atoms with van der Waals surface area (Å²) >= 11 is 12.4. The molecule has 0 aliphatic carbocycles. The van der Waals surface area contributed by atoms with Crippen LogP contribution in [-0.4, -0.2) is 27.8 Å². The van der Waals surface area contributed by atoms with Gasteiger partial charge in [-0.05, 0) is 49.6 Å². The Hall–Kier alpha value is -2.01. The molecule has 6 heteroatoms. The number of rotatable bonds is 4. The number of anilines is 1. The molecule has 3 aromatic rings.